The maximum absolute atomic E-state index is 11.7. The zero-order valence-corrected chi connectivity index (χ0v) is 11.0. The molecule has 96 valence electrons. The maximum atomic E-state index is 11.7. The van der Waals surface area contributed by atoms with E-state index in [-0.39, 0.29) is 5.75 Å². The molecule has 0 amide bonds. The normalized spacial score (nSPS) is 11.4. The van der Waals surface area contributed by atoms with Crippen molar-refractivity contribution in [2.45, 2.75) is 26.2 Å². The molecule has 0 aromatic heterocycles. The van der Waals surface area contributed by atoms with Gasteiger partial charge in [0.25, 0.3) is 0 Å². The molecule has 4 nitrogen and oxygen atoms in total. The summed E-state index contributed by atoms with van der Waals surface area (Å²) < 4.78 is 26.1. The molecule has 0 saturated heterocycles. The van der Waals surface area contributed by atoms with Crippen LogP contribution in [0.2, 0.25) is 0 Å². The molecule has 1 rings (SSSR count). The van der Waals surface area contributed by atoms with Gasteiger partial charge in [0.15, 0.2) is 0 Å². The summed E-state index contributed by atoms with van der Waals surface area (Å²) in [5.74, 6) is 0.0734. The van der Waals surface area contributed by atoms with Gasteiger partial charge in [0.05, 0.1) is 11.4 Å². The summed E-state index contributed by atoms with van der Waals surface area (Å²) in [6.45, 7) is 2.46. The number of aryl methyl sites for hydroxylation is 1. The van der Waals surface area contributed by atoms with E-state index in [2.05, 4.69) is 11.6 Å². The minimum absolute atomic E-state index is 0.0734. The van der Waals surface area contributed by atoms with Gasteiger partial charge in [-0.05, 0) is 31.0 Å². The summed E-state index contributed by atoms with van der Waals surface area (Å²) in [5, 5.41) is 0. The molecular formula is C12H20N2O2S. The molecule has 0 spiro atoms. The van der Waals surface area contributed by atoms with Crippen molar-refractivity contribution in [2.75, 3.05) is 17.0 Å². The monoisotopic (exact) mass is 256 g/mol. The van der Waals surface area contributed by atoms with Gasteiger partial charge in [-0.25, -0.2) is 8.42 Å². The van der Waals surface area contributed by atoms with E-state index in [0.29, 0.717) is 18.7 Å². The molecule has 17 heavy (non-hydrogen) atoms. The third-order valence-electron chi connectivity index (χ3n) is 2.42. The standard InChI is InChI=1S/C12H20N2O2S/c1-2-6-11-7-3-4-8-12(11)14-17(15,16)10-5-9-13/h3-4,7-8,14H,2,5-6,9-10,13H2,1H3. The lowest BCUT2D eigenvalue weighted by atomic mass is 10.1. The van der Waals surface area contributed by atoms with Gasteiger partial charge in [-0.2, -0.15) is 0 Å². The number of rotatable bonds is 7. The summed E-state index contributed by atoms with van der Waals surface area (Å²) in [4.78, 5) is 0. The van der Waals surface area contributed by atoms with Crippen LogP contribution in [-0.4, -0.2) is 20.7 Å². The van der Waals surface area contributed by atoms with Gasteiger partial charge in [-0.3, -0.25) is 4.72 Å². The minimum Gasteiger partial charge on any atom is -0.330 e. The van der Waals surface area contributed by atoms with Gasteiger partial charge in [-0.15, -0.1) is 0 Å². The Labute approximate surface area is 103 Å². The van der Waals surface area contributed by atoms with Crippen LogP contribution in [0.4, 0.5) is 5.69 Å². The van der Waals surface area contributed by atoms with Crippen LogP contribution >= 0.6 is 0 Å². The van der Waals surface area contributed by atoms with Gasteiger partial charge < -0.3 is 5.73 Å². The number of nitrogens with one attached hydrogen (secondary N) is 1. The van der Waals surface area contributed by atoms with Crippen molar-refractivity contribution in [2.24, 2.45) is 5.73 Å². The van der Waals surface area contributed by atoms with Gasteiger partial charge >= 0.3 is 0 Å². The van der Waals surface area contributed by atoms with Crippen molar-refractivity contribution >= 4 is 15.7 Å². The quantitative estimate of drug-likeness (QED) is 0.780. The lowest BCUT2D eigenvalue weighted by Gasteiger charge is -2.11. The maximum Gasteiger partial charge on any atom is 0.232 e. The first-order valence-corrected chi connectivity index (χ1v) is 7.52. The highest BCUT2D eigenvalue weighted by Gasteiger charge is 2.11. The van der Waals surface area contributed by atoms with Crippen molar-refractivity contribution in [3.05, 3.63) is 29.8 Å². The molecule has 0 radical (unpaired) electrons. The first-order chi connectivity index (χ1) is 8.09. The number of hydrogen-bond donors (Lipinski definition) is 2. The molecule has 1 aromatic rings. The predicted octanol–water partition coefficient (Wildman–Crippen LogP) is 1.73. The summed E-state index contributed by atoms with van der Waals surface area (Å²) >= 11 is 0. The van der Waals surface area contributed by atoms with Crippen molar-refractivity contribution in [3.8, 4) is 0 Å². The molecule has 0 fully saturated rings. The Balaban J connectivity index is 2.80. The van der Waals surface area contributed by atoms with Crippen LogP contribution in [-0.2, 0) is 16.4 Å². The lowest BCUT2D eigenvalue weighted by Crippen LogP contribution is -2.19. The third kappa shape index (κ3) is 4.75. The van der Waals surface area contributed by atoms with E-state index in [4.69, 9.17) is 5.73 Å². The predicted molar refractivity (Wildman–Crippen MR) is 71.5 cm³/mol. The fourth-order valence-electron chi connectivity index (χ4n) is 1.60. The fraction of sp³-hybridized carbons (Fsp3) is 0.500. The van der Waals surface area contributed by atoms with Gasteiger partial charge in [-0.1, -0.05) is 31.5 Å². The van der Waals surface area contributed by atoms with Crippen molar-refractivity contribution in [3.63, 3.8) is 0 Å². The van der Waals surface area contributed by atoms with Gasteiger partial charge in [0.1, 0.15) is 0 Å². The van der Waals surface area contributed by atoms with E-state index in [9.17, 15) is 8.42 Å². The summed E-state index contributed by atoms with van der Waals surface area (Å²) in [6.07, 6.45) is 2.34. The highest BCUT2D eigenvalue weighted by molar-refractivity contribution is 7.92. The zero-order valence-electron chi connectivity index (χ0n) is 10.1. The van der Waals surface area contributed by atoms with E-state index in [0.717, 1.165) is 18.4 Å². The molecule has 0 heterocycles. The van der Waals surface area contributed by atoms with Crippen molar-refractivity contribution < 1.29 is 8.42 Å². The topological polar surface area (TPSA) is 72.2 Å². The molecular weight excluding hydrogens is 236 g/mol. The highest BCUT2D eigenvalue weighted by Crippen LogP contribution is 2.18. The molecule has 0 atom stereocenters. The van der Waals surface area contributed by atoms with Gasteiger partial charge in [0, 0.05) is 0 Å². The van der Waals surface area contributed by atoms with Crippen molar-refractivity contribution in [1.82, 2.24) is 0 Å². The molecule has 0 aliphatic carbocycles. The number of para-hydroxylation sites is 1. The highest BCUT2D eigenvalue weighted by atomic mass is 32.2. The minimum atomic E-state index is -3.27. The fourth-order valence-corrected chi connectivity index (χ4v) is 2.78. The first kappa shape index (κ1) is 14.0. The summed E-state index contributed by atoms with van der Waals surface area (Å²) in [6, 6.07) is 7.50. The number of sulfonamides is 1. The van der Waals surface area contributed by atoms with Crippen LogP contribution in [0.25, 0.3) is 0 Å². The Morgan fingerprint density at radius 3 is 2.65 bits per heavy atom. The van der Waals surface area contributed by atoms with Crippen LogP contribution in [0.5, 0.6) is 0 Å². The second-order valence-electron chi connectivity index (χ2n) is 3.97. The molecule has 3 N–H and O–H groups in total. The smallest absolute Gasteiger partial charge is 0.232 e. The van der Waals surface area contributed by atoms with Crippen LogP contribution in [0.15, 0.2) is 24.3 Å². The van der Waals surface area contributed by atoms with Crippen LogP contribution in [0.1, 0.15) is 25.3 Å². The summed E-state index contributed by atoms with van der Waals surface area (Å²) in [7, 11) is -3.27. The summed E-state index contributed by atoms with van der Waals surface area (Å²) in [5.41, 5.74) is 7.03. The lowest BCUT2D eigenvalue weighted by molar-refractivity contribution is 0.598. The second kappa shape index (κ2) is 6.61. The molecule has 0 unspecified atom stereocenters. The third-order valence-corrected chi connectivity index (χ3v) is 3.78. The van der Waals surface area contributed by atoms with Crippen LogP contribution < -0.4 is 10.5 Å². The number of nitrogens with two attached hydrogens (primary N) is 1. The zero-order chi connectivity index (χ0) is 12.7. The Bertz CT molecular complexity index is 444. The Hall–Kier alpha value is -1.07. The molecule has 0 bridgehead atoms. The Morgan fingerprint density at radius 2 is 2.00 bits per heavy atom. The number of anilines is 1. The molecule has 0 saturated carbocycles. The molecule has 1 aromatic carbocycles. The number of hydrogen-bond acceptors (Lipinski definition) is 3. The van der Waals surface area contributed by atoms with Crippen LogP contribution in [0, 0.1) is 0 Å². The Kier molecular flexibility index (Phi) is 5.44. The largest absolute Gasteiger partial charge is 0.330 e. The Morgan fingerprint density at radius 1 is 1.29 bits per heavy atom. The average molecular weight is 256 g/mol. The van der Waals surface area contributed by atoms with E-state index in [1.54, 1.807) is 6.07 Å². The molecule has 5 heteroatoms. The molecule has 0 aliphatic rings. The SMILES string of the molecule is CCCc1ccccc1NS(=O)(=O)CCCN. The van der Waals surface area contributed by atoms with E-state index >= 15 is 0 Å². The number of benzene rings is 1. The molecule has 0 aliphatic heterocycles. The van der Waals surface area contributed by atoms with Crippen molar-refractivity contribution in [1.29, 1.82) is 0 Å². The van der Waals surface area contributed by atoms with Crippen LogP contribution in [0.3, 0.4) is 0 Å². The van der Waals surface area contributed by atoms with Gasteiger partial charge in [0.2, 0.25) is 10.0 Å². The first-order valence-electron chi connectivity index (χ1n) is 5.87. The van der Waals surface area contributed by atoms with E-state index in [1.807, 2.05) is 18.2 Å². The average Bonchev–Trinajstić information content (AvgIpc) is 2.29. The second-order valence-corrected chi connectivity index (χ2v) is 5.81. The van der Waals surface area contributed by atoms with E-state index < -0.39 is 10.0 Å². The van der Waals surface area contributed by atoms with E-state index in [1.165, 1.54) is 0 Å².